The second kappa shape index (κ2) is 3.27. The summed E-state index contributed by atoms with van der Waals surface area (Å²) in [6, 6.07) is 0. The van der Waals surface area contributed by atoms with Crippen molar-refractivity contribution in [1.82, 2.24) is 9.78 Å². The van der Waals surface area contributed by atoms with Crippen LogP contribution in [0.3, 0.4) is 0 Å². The quantitative estimate of drug-likeness (QED) is 0.714. The molecule has 0 saturated heterocycles. The van der Waals surface area contributed by atoms with Gasteiger partial charge in [0, 0.05) is 12.6 Å². The lowest BCUT2D eigenvalue weighted by molar-refractivity contribution is -0.277. The van der Waals surface area contributed by atoms with E-state index in [0.29, 0.717) is 12.0 Å². The molecule has 13 heavy (non-hydrogen) atoms. The number of nitrogens with zero attached hydrogens (tertiary/aromatic N) is 2. The van der Waals surface area contributed by atoms with Gasteiger partial charge in [-0.25, -0.2) is 4.68 Å². The average Bonchev–Trinajstić information content (AvgIpc) is 2.30. The van der Waals surface area contributed by atoms with Crippen molar-refractivity contribution in [2.24, 2.45) is 7.05 Å². The maximum absolute atomic E-state index is 11.8. The van der Waals surface area contributed by atoms with Crippen LogP contribution in [0.1, 0.15) is 12.5 Å². The van der Waals surface area contributed by atoms with E-state index in [1.54, 1.807) is 6.92 Å². The van der Waals surface area contributed by atoms with Crippen molar-refractivity contribution in [3.63, 3.8) is 0 Å². The predicted octanol–water partition coefficient (Wildman–Crippen LogP) is 1.68. The number of rotatable bonds is 2. The highest BCUT2D eigenvalue weighted by molar-refractivity contribution is 5.22. The number of hydrogen-bond acceptors (Lipinski definition) is 2. The zero-order valence-corrected chi connectivity index (χ0v) is 7.14. The van der Waals surface area contributed by atoms with Gasteiger partial charge in [0.05, 0.1) is 0 Å². The number of hydrogen-bond donors (Lipinski definition) is 0. The molecule has 1 rings (SSSR count). The molecule has 1 heterocycles. The van der Waals surface area contributed by atoms with Gasteiger partial charge in [-0.1, -0.05) is 6.92 Å². The molecule has 0 spiro atoms. The van der Waals surface area contributed by atoms with Crippen molar-refractivity contribution in [3.05, 3.63) is 11.8 Å². The highest BCUT2D eigenvalue weighted by Crippen LogP contribution is 2.25. The highest BCUT2D eigenvalue weighted by atomic mass is 19.4. The Hall–Kier alpha value is -1.20. The van der Waals surface area contributed by atoms with Crippen LogP contribution >= 0.6 is 0 Å². The molecule has 73 valence electrons. The topological polar surface area (TPSA) is 27.1 Å². The van der Waals surface area contributed by atoms with Crippen molar-refractivity contribution >= 4 is 0 Å². The smallest absolute Gasteiger partial charge is 0.388 e. The Morgan fingerprint density at radius 2 is 2.15 bits per heavy atom. The van der Waals surface area contributed by atoms with E-state index in [4.69, 9.17) is 0 Å². The summed E-state index contributed by atoms with van der Waals surface area (Å²) in [6.45, 7) is 1.71. The van der Waals surface area contributed by atoms with Gasteiger partial charge in [-0.2, -0.15) is 5.10 Å². The molecule has 0 atom stereocenters. The second-order valence-electron chi connectivity index (χ2n) is 2.42. The number of aromatic nitrogens is 2. The van der Waals surface area contributed by atoms with E-state index in [1.165, 1.54) is 7.05 Å². The van der Waals surface area contributed by atoms with Crippen LogP contribution in [0.5, 0.6) is 5.88 Å². The lowest BCUT2D eigenvalue weighted by Crippen LogP contribution is -2.19. The van der Waals surface area contributed by atoms with Gasteiger partial charge in [0.2, 0.25) is 5.88 Å². The first-order valence-corrected chi connectivity index (χ1v) is 3.63. The van der Waals surface area contributed by atoms with Gasteiger partial charge in [-0.05, 0) is 6.42 Å². The second-order valence-corrected chi connectivity index (χ2v) is 2.42. The van der Waals surface area contributed by atoms with Crippen LogP contribution in [-0.2, 0) is 13.5 Å². The Labute approximate surface area is 73.1 Å². The maximum Gasteiger partial charge on any atom is 0.574 e. The van der Waals surface area contributed by atoms with E-state index in [-0.39, 0.29) is 5.88 Å². The zero-order chi connectivity index (χ0) is 10.1. The van der Waals surface area contributed by atoms with Crippen LogP contribution in [0.2, 0.25) is 0 Å². The number of ether oxygens (including phenoxy) is 1. The molecule has 0 unspecified atom stereocenters. The van der Waals surface area contributed by atoms with Crippen molar-refractivity contribution in [2.75, 3.05) is 0 Å². The third kappa shape index (κ3) is 2.37. The molecule has 0 aliphatic rings. The van der Waals surface area contributed by atoms with Crippen molar-refractivity contribution in [2.45, 2.75) is 19.7 Å². The summed E-state index contributed by atoms with van der Waals surface area (Å²) < 4.78 is 40.3. The summed E-state index contributed by atoms with van der Waals surface area (Å²) >= 11 is 0. The van der Waals surface area contributed by atoms with Crippen LogP contribution in [0, 0.1) is 6.20 Å². The molecule has 1 radical (unpaired) electrons. The Morgan fingerprint density at radius 1 is 1.54 bits per heavy atom. The molecule has 1 aromatic rings. The van der Waals surface area contributed by atoms with Gasteiger partial charge in [-0.15, -0.1) is 13.2 Å². The molecule has 0 saturated carbocycles. The summed E-state index contributed by atoms with van der Waals surface area (Å²) in [4.78, 5) is 0. The average molecular weight is 193 g/mol. The number of halogens is 3. The largest absolute Gasteiger partial charge is 0.574 e. The molecule has 0 fully saturated rings. The SMILES string of the molecule is CCc1[c]nn(C)c1OC(F)(F)F. The highest BCUT2D eigenvalue weighted by Gasteiger charge is 2.33. The van der Waals surface area contributed by atoms with Gasteiger partial charge in [0.1, 0.15) is 6.20 Å². The first-order valence-electron chi connectivity index (χ1n) is 3.63. The monoisotopic (exact) mass is 193 g/mol. The molecular weight excluding hydrogens is 185 g/mol. The Kier molecular flexibility index (Phi) is 2.49. The van der Waals surface area contributed by atoms with E-state index in [2.05, 4.69) is 16.0 Å². The Bertz CT molecular complexity index is 292. The molecule has 0 amide bonds. The third-order valence-corrected chi connectivity index (χ3v) is 1.45. The summed E-state index contributed by atoms with van der Waals surface area (Å²) in [5.41, 5.74) is 0.319. The molecule has 0 aliphatic carbocycles. The van der Waals surface area contributed by atoms with Crippen LogP contribution in [-0.4, -0.2) is 16.1 Å². The first-order chi connectivity index (χ1) is 5.94. The van der Waals surface area contributed by atoms with E-state index >= 15 is 0 Å². The fourth-order valence-corrected chi connectivity index (χ4v) is 0.891. The summed E-state index contributed by atoms with van der Waals surface area (Å²) in [5, 5.41) is 3.54. The third-order valence-electron chi connectivity index (χ3n) is 1.45. The minimum Gasteiger partial charge on any atom is -0.388 e. The molecule has 3 nitrogen and oxygen atoms in total. The van der Waals surface area contributed by atoms with Gasteiger partial charge in [0.15, 0.2) is 0 Å². The van der Waals surface area contributed by atoms with Crippen LogP contribution in [0.25, 0.3) is 0 Å². The van der Waals surface area contributed by atoms with Crippen molar-refractivity contribution in [1.29, 1.82) is 0 Å². The molecule has 1 aromatic heterocycles. The summed E-state index contributed by atoms with van der Waals surface area (Å²) in [6.07, 6.45) is -1.84. The molecular formula is C7H8F3N2O. The van der Waals surface area contributed by atoms with E-state index in [0.717, 1.165) is 4.68 Å². The van der Waals surface area contributed by atoms with E-state index < -0.39 is 6.36 Å². The number of alkyl halides is 3. The molecule has 0 aromatic carbocycles. The minimum absolute atomic E-state index is 0.296. The molecule has 0 N–H and O–H groups in total. The summed E-state index contributed by atoms with van der Waals surface area (Å²) in [7, 11) is 1.37. The van der Waals surface area contributed by atoms with Crippen molar-refractivity contribution in [3.8, 4) is 5.88 Å². The first kappa shape index (κ1) is 9.88. The van der Waals surface area contributed by atoms with Crippen LogP contribution in [0.15, 0.2) is 0 Å². The molecule has 0 bridgehead atoms. The van der Waals surface area contributed by atoms with Gasteiger partial charge in [-0.3, -0.25) is 0 Å². The van der Waals surface area contributed by atoms with Crippen LogP contribution in [0.4, 0.5) is 13.2 Å². The van der Waals surface area contributed by atoms with Gasteiger partial charge >= 0.3 is 6.36 Å². The van der Waals surface area contributed by atoms with Crippen molar-refractivity contribution < 1.29 is 17.9 Å². The Balaban J connectivity index is 2.92. The summed E-state index contributed by atoms with van der Waals surface area (Å²) in [5.74, 6) is -0.296. The minimum atomic E-state index is -4.68. The van der Waals surface area contributed by atoms with E-state index in [1.807, 2.05) is 0 Å². The van der Waals surface area contributed by atoms with Crippen LogP contribution < -0.4 is 4.74 Å². The van der Waals surface area contributed by atoms with Gasteiger partial charge < -0.3 is 4.74 Å². The predicted molar refractivity (Wildman–Crippen MR) is 38.1 cm³/mol. The molecule has 6 heteroatoms. The maximum atomic E-state index is 11.8. The lowest BCUT2D eigenvalue weighted by Gasteiger charge is -2.09. The van der Waals surface area contributed by atoms with E-state index in [9.17, 15) is 13.2 Å². The zero-order valence-electron chi connectivity index (χ0n) is 7.14. The van der Waals surface area contributed by atoms with Gasteiger partial charge in [0.25, 0.3) is 0 Å². The standard InChI is InChI=1S/C7H8F3N2O/c1-3-5-4-11-12(2)6(5)13-7(8,9)10/h3H2,1-2H3. The number of aryl methyl sites for hydroxylation is 2. The fraction of sp³-hybridized carbons (Fsp3) is 0.571. The normalized spacial score (nSPS) is 11.8. The Morgan fingerprint density at radius 3 is 2.62 bits per heavy atom. The lowest BCUT2D eigenvalue weighted by atomic mass is 10.3. The fourth-order valence-electron chi connectivity index (χ4n) is 0.891. The molecule has 0 aliphatic heterocycles.